The van der Waals surface area contributed by atoms with Gasteiger partial charge in [-0.05, 0) is 44.2 Å². The van der Waals surface area contributed by atoms with Crippen molar-refractivity contribution in [2.24, 2.45) is 0 Å². The average Bonchev–Trinajstić information content (AvgIpc) is 2.71. The second kappa shape index (κ2) is 6.04. The first kappa shape index (κ1) is 17.7. The van der Waals surface area contributed by atoms with Crippen molar-refractivity contribution in [2.75, 3.05) is 14.2 Å². The lowest BCUT2D eigenvalue weighted by Gasteiger charge is -2.28. The van der Waals surface area contributed by atoms with Crippen LogP contribution in [-0.2, 0) is 6.61 Å². The van der Waals surface area contributed by atoms with Crippen molar-refractivity contribution in [2.45, 2.75) is 26.1 Å². The molecule has 6 heteroatoms. The number of methoxy groups -OCH3 is 2. The zero-order valence-electron chi connectivity index (χ0n) is 16.6. The smallest absolute Gasteiger partial charge is 0.201 e. The van der Waals surface area contributed by atoms with Gasteiger partial charge in [-0.2, -0.15) is 0 Å². The molecule has 0 aliphatic carbocycles. The molecule has 1 aromatic heterocycles. The molecule has 3 heterocycles. The highest BCUT2D eigenvalue weighted by Gasteiger charge is 2.29. The minimum absolute atomic E-state index is 0.112. The van der Waals surface area contributed by atoms with E-state index in [2.05, 4.69) is 0 Å². The first-order valence-electron chi connectivity index (χ1n) is 9.32. The summed E-state index contributed by atoms with van der Waals surface area (Å²) >= 11 is 0. The van der Waals surface area contributed by atoms with Gasteiger partial charge in [0.1, 0.15) is 29.3 Å². The maximum absolute atomic E-state index is 13.5. The summed E-state index contributed by atoms with van der Waals surface area (Å²) in [7, 11) is 3.11. The number of hydrogen-bond acceptors (Lipinski definition) is 6. The quantitative estimate of drug-likeness (QED) is 0.637. The van der Waals surface area contributed by atoms with Crippen LogP contribution in [0.3, 0.4) is 0 Å². The van der Waals surface area contributed by atoms with Gasteiger partial charge in [0, 0.05) is 11.6 Å². The van der Waals surface area contributed by atoms with E-state index in [0.717, 1.165) is 5.56 Å². The van der Waals surface area contributed by atoms with E-state index in [1.54, 1.807) is 32.4 Å². The van der Waals surface area contributed by atoms with Crippen LogP contribution in [0, 0.1) is 0 Å². The summed E-state index contributed by atoms with van der Waals surface area (Å²) in [6.45, 7) is 4.11. The first-order chi connectivity index (χ1) is 13.9. The van der Waals surface area contributed by atoms with Gasteiger partial charge in [-0.15, -0.1) is 0 Å². The number of rotatable bonds is 2. The number of benzene rings is 2. The Morgan fingerprint density at radius 1 is 1.03 bits per heavy atom. The van der Waals surface area contributed by atoms with Gasteiger partial charge >= 0.3 is 0 Å². The molecule has 2 aromatic carbocycles. The van der Waals surface area contributed by atoms with Crippen LogP contribution < -0.4 is 24.4 Å². The van der Waals surface area contributed by atoms with Crippen LogP contribution in [0.15, 0.2) is 39.6 Å². The Bertz CT molecular complexity index is 1250. The lowest BCUT2D eigenvalue weighted by Crippen LogP contribution is -2.27. The van der Waals surface area contributed by atoms with E-state index < -0.39 is 5.60 Å². The molecule has 0 fully saturated rings. The van der Waals surface area contributed by atoms with Crippen LogP contribution in [0.4, 0.5) is 0 Å². The van der Waals surface area contributed by atoms with Crippen LogP contribution in [0.25, 0.3) is 28.2 Å². The Morgan fingerprint density at radius 2 is 1.79 bits per heavy atom. The molecular weight excluding hydrogens is 372 g/mol. The maximum atomic E-state index is 13.5. The van der Waals surface area contributed by atoms with Crippen molar-refractivity contribution in [3.05, 3.63) is 51.9 Å². The summed E-state index contributed by atoms with van der Waals surface area (Å²) in [5.74, 6) is 2.79. The normalized spacial score (nSPS) is 15.6. The van der Waals surface area contributed by atoms with E-state index in [1.165, 1.54) is 0 Å². The average molecular weight is 392 g/mol. The van der Waals surface area contributed by atoms with Crippen molar-refractivity contribution in [1.82, 2.24) is 0 Å². The number of ether oxygens (including phenoxy) is 4. The fourth-order valence-electron chi connectivity index (χ4n) is 3.85. The second-order valence-corrected chi connectivity index (χ2v) is 7.61. The molecule has 0 amide bonds. The summed E-state index contributed by atoms with van der Waals surface area (Å²) < 4.78 is 28.8. The first-order valence-corrected chi connectivity index (χ1v) is 9.32. The summed E-state index contributed by atoms with van der Waals surface area (Å²) in [5.41, 5.74) is 1.86. The van der Waals surface area contributed by atoms with Crippen molar-refractivity contribution in [1.29, 1.82) is 0 Å². The second-order valence-electron chi connectivity index (χ2n) is 7.61. The van der Waals surface area contributed by atoms with E-state index in [9.17, 15) is 4.79 Å². The fraction of sp³-hybridized carbons (Fsp3) is 0.261. The SMILES string of the molecule is COc1cc2c(cc1OC)-c1c(oc3c4c(ccc3c1=O)OC(C)(C)C=C4)CO2. The van der Waals surface area contributed by atoms with Gasteiger partial charge in [-0.3, -0.25) is 4.79 Å². The van der Waals surface area contributed by atoms with Crippen molar-refractivity contribution < 1.29 is 23.4 Å². The van der Waals surface area contributed by atoms with Crippen LogP contribution in [0.2, 0.25) is 0 Å². The minimum atomic E-state index is -0.410. The molecule has 2 aliphatic rings. The lowest BCUT2D eigenvalue weighted by atomic mass is 9.96. The zero-order chi connectivity index (χ0) is 20.3. The molecule has 2 aliphatic heterocycles. The lowest BCUT2D eigenvalue weighted by molar-refractivity contribution is 0.159. The van der Waals surface area contributed by atoms with Crippen LogP contribution in [0.5, 0.6) is 23.0 Å². The van der Waals surface area contributed by atoms with E-state index in [1.807, 2.05) is 32.1 Å². The molecule has 0 saturated heterocycles. The molecule has 0 radical (unpaired) electrons. The van der Waals surface area contributed by atoms with Crippen molar-refractivity contribution >= 4 is 17.0 Å². The topological polar surface area (TPSA) is 67.1 Å². The molecule has 0 bridgehead atoms. The van der Waals surface area contributed by atoms with Crippen LogP contribution in [0.1, 0.15) is 25.2 Å². The van der Waals surface area contributed by atoms with Gasteiger partial charge in [-0.1, -0.05) is 0 Å². The highest BCUT2D eigenvalue weighted by atomic mass is 16.5. The molecule has 5 rings (SSSR count). The zero-order valence-corrected chi connectivity index (χ0v) is 16.6. The molecule has 6 nitrogen and oxygen atoms in total. The highest BCUT2D eigenvalue weighted by molar-refractivity contribution is 5.92. The Balaban J connectivity index is 1.78. The molecule has 3 aromatic rings. The Hall–Kier alpha value is -3.41. The van der Waals surface area contributed by atoms with Crippen LogP contribution in [-0.4, -0.2) is 19.8 Å². The Morgan fingerprint density at radius 3 is 2.55 bits per heavy atom. The van der Waals surface area contributed by atoms with Crippen molar-refractivity contribution in [3.63, 3.8) is 0 Å². The molecule has 0 unspecified atom stereocenters. The molecule has 0 spiro atoms. The van der Waals surface area contributed by atoms with Gasteiger partial charge in [0.15, 0.2) is 17.3 Å². The van der Waals surface area contributed by atoms with E-state index in [0.29, 0.717) is 50.9 Å². The fourth-order valence-corrected chi connectivity index (χ4v) is 3.85. The summed E-state index contributed by atoms with van der Waals surface area (Å²) in [6, 6.07) is 7.05. The summed E-state index contributed by atoms with van der Waals surface area (Å²) in [4.78, 5) is 13.5. The monoisotopic (exact) mass is 392 g/mol. The van der Waals surface area contributed by atoms with Crippen molar-refractivity contribution in [3.8, 4) is 34.1 Å². The molecule has 0 saturated carbocycles. The molecular formula is C23H20O6. The standard InChI is InChI=1S/C23H20O6/c1-23(2)8-7-12-15(29-23)6-5-13-21(24)20-14-9-17(25-3)18(26-4)10-16(14)27-11-19(20)28-22(12)13/h5-10H,11H2,1-4H3. The third kappa shape index (κ3) is 2.59. The highest BCUT2D eigenvalue weighted by Crippen LogP contribution is 2.44. The van der Waals surface area contributed by atoms with Gasteiger partial charge in [-0.25, -0.2) is 0 Å². The minimum Gasteiger partial charge on any atom is -0.493 e. The van der Waals surface area contributed by atoms with E-state index in [-0.39, 0.29) is 12.0 Å². The molecule has 0 atom stereocenters. The van der Waals surface area contributed by atoms with E-state index in [4.69, 9.17) is 23.4 Å². The van der Waals surface area contributed by atoms with Gasteiger partial charge in [0.05, 0.1) is 30.7 Å². The van der Waals surface area contributed by atoms with Gasteiger partial charge in [0.2, 0.25) is 5.43 Å². The predicted molar refractivity (Wildman–Crippen MR) is 109 cm³/mol. The largest absolute Gasteiger partial charge is 0.493 e. The molecule has 0 N–H and O–H groups in total. The third-order valence-electron chi connectivity index (χ3n) is 5.27. The third-order valence-corrected chi connectivity index (χ3v) is 5.27. The van der Waals surface area contributed by atoms with Gasteiger partial charge < -0.3 is 23.4 Å². The predicted octanol–water partition coefficient (Wildman–Crippen LogP) is 4.55. The Kier molecular flexibility index (Phi) is 3.68. The number of fused-ring (bicyclic) bond motifs is 6. The van der Waals surface area contributed by atoms with E-state index >= 15 is 0 Å². The van der Waals surface area contributed by atoms with Gasteiger partial charge in [0.25, 0.3) is 0 Å². The maximum Gasteiger partial charge on any atom is 0.201 e. The van der Waals surface area contributed by atoms with Crippen LogP contribution >= 0.6 is 0 Å². The number of hydrogen-bond donors (Lipinski definition) is 0. The summed E-state index contributed by atoms with van der Waals surface area (Å²) in [6.07, 6.45) is 3.90. The molecule has 148 valence electrons. The summed E-state index contributed by atoms with van der Waals surface area (Å²) in [5, 5.41) is 0.498. The Labute approximate surface area is 167 Å². The molecule has 29 heavy (non-hydrogen) atoms.